The molecule has 2 atom stereocenters. The zero-order chi connectivity index (χ0) is 26.0. The predicted octanol–water partition coefficient (Wildman–Crippen LogP) is 2.91. The zero-order valence-corrected chi connectivity index (χ0v) is 21.0. The molecular weight excluding hydrogens is 521 g/mol. The van der Waals surface area contributed by atoms with E-state index in [2.05, 4.69) is 5.32 Å². The van der Waals surface area contributed by atoms with Crippen molar-refractivity contribution >= 4 is 39.3 Å². The Labute approximate surface area is 212 Å². The lowest BCUT2D eigenvalue weighted by atomic mass is 9.47. The van der Waals surface area contributed by atoms with Crippen LogP contribution in [-0.2, 0) is 26.0 Å². The first-order valence-corrected chi connectivity index (χ1v) is 13.8. The van der Waals surface area contributed by atoms with Crippen LogP contribution >= 0.6 is 11.6 Å². The van der Waals surface area contributed by atoms with Crippen LogP contribution in [0.4, 0.5) is 18.9 Å². The van der Waals surface area contributed by atoms with E-state index in [1.165, 1.54) is 0 Å². The fourth-order valence-electron chi connectivity index (χ4n) is 7.01. The molecule has 3 N–H and O–H groups in total. The summed E-state index contributed by atoms with van der Waals surface area (Å²) in [5.74, 6) is -0.0217. The first-order valence-electron chi connectivity index (χ1n) is 12.0. The molecule has 2 amide bonds. The summed E-state index contributed by atoms with van der Waals surface area (Å²) >= 11 is 6.04. The van der Waals surface area contributed by atoms with Crippen molar-refractivity contribution in [2.75, 3.05) is 23.9 Å². The largest absolute Gasteiger partial charge is 0.416 e. The van der Waals surface area contributed by atoms with Crippen molar-refractivity contribution in [2.24, 2.45) is 28.9 Å². The summed E-state index contributed by atoms with van der Waals surface area (Å²) in [4.78, 5) is 25.1. The minimum atomic E-state index is -4.61. The molecule has 2 unspecified atom stereocenters. The number of anilines is 1. The average molecular weight is 549 g/mol. The molecule has 13 heteroatoms. The van der Waals surface area contributed by atoms with Crippen molar-refractivity contribution in [3.63, 3.8) is 0 Å². The minimum Gasteiger partial charge on any atom is -0.369 e. The highest BCUT2D eigenvalue weighted by molar-refractivity contribution is 7.90. The second-order valence-corrected chi connectivity index (χ2v) is 12.9. The van der Waals surface area contributed by atoms with Gasteiger partial charge in [0.25, 0.3) is 0 Å². The maximum absolute atomic E-state index is 13.3. The highest BCUT2D eigenvalue weighted by atomic mass is 35.5. The predicted molar refractivity (Wildman–Crippen MR) is 126 cm³/mol. The second kappa shape index (κ2) is 8.76. The van der Waals surface area contributed by atoms with Gasteiger partial charge in [0.05, 0.1) is 22.8 Å². The maximum atomic E-state index is 13.3. The first kappa shape index (κ1) is 25.6. The number of nitrogens with one attached hydrogen (secondary N) is 1. The van der Waals surface area contributed by atoms with Gasteiger partial charge in [0.15, 0.2) is 0 Å². The number of hydrogen-bond acceptors (Lipinski definition) is 4. The number of nitrogens with two attached hydrogens (primary N) is 1. The van der Waals surface area contributed by atoms with Crippen molar-refractivity contribution in [3.05, 3.63) is 28.8 Å². The van der Waals surface area contributed by atoms with Gasteiger partial charge in [-0.25, -0.2) is 0 Å². The number of nitrogens with zero attached hydrogens (tertiary/aromatic N) is 2. The molecule has 6 rings (SSSR count). The summed E-state index contributed by atoms with van der Waals surface area (Å²) < 4.78 is 67.5. The molecule has 0 aromatic heterocycles. The molecule has 8 nitrogen and oxygen atoms in total. The van der Waals surface area contributed by atoms with Gasteiger partial charge in [0.2, 0.25) is 11.8 Å². The Morgan fingerprint density at radius 1 is 1.14 bits per heavy atom. The van der Waals surface area contributed by atoms with Crippen LogP contribution < -0.4 is 15.4 Å². The van der Waals surface area contributed by atoms with E-state index in [0.717, 1.165) is 40.0 Å². The molecule has 4 aliphatic carbocycles. The van der Waals surface area contributed by atoms with Crippen LogP contribution in [0.15, 0.2) is 18.2 Å². The van der Waals surface area contributed by atoms with Crippen molar-refractivity contribution in [2.45, 2.75) is 50.7 Å². The van der Waals surface area contributed by atoms with Gasteiger partial charge >= 0.3 is 16.4 Å². The summed E-state index contributed by atoms with van der Waals surface area (Å²) in [5.41, 5.74) is 4.19. The molecule has 1 aliphatic heterocycles. The third-order valence-corrected chi connectivity index (χ3v) is 10.6. The Balaban J connectivity index is 1.28. The lowest BCUT2D eigenvalue weighted by Crippen LogP contribution is -2.63. The van der Waals surface area contributed by atoms with Crippen LogP contribution in [0, 0.1) is 23.2 Å². The summed E-state index contributed by atoms with van der Waals surface area (Å²) in [7, 11) is -4.19. The standard InChI is InChI=1S/C23H28ClF3N4O4S/c24-17-8-16(23(25,26)27)2-3-18(17)31-5-1-4-30(36(31,34)35)12-19(32)29-20-14-6-13-7-15(20)11-22(9-13,10-14)21(28)33/h2-3,8,13-15,20H,1,4-7,9-12H2,(H2,28,33)(H,29,32). The average Bonchev–Trinajstić information content (AvgIpc) is 2.77. The first-order chi connectivity index (χ1) is 16.8. The van der Waals surface area contributed by atoms with Crippen molar-refractivity contribution in [3.8, 4) is 0 Å². The van der Waals surface area contributed by atoms with Crippen molar-refractivity contribution < 1.29 is 31.2 Å². The molecule has 198 valence electrons. The molecule has 1 heterocycles. The van der Waals surface area contributed by atoms with E-state index in [1.54, 1.807) is 0 Å². The van der Waals surface area contributed by atoms with E-state index >= 15 is 0 Å². The van der Waals surface area contributed by atoms with Crippen LogP contribution in [0.25, 0.3) is 0 Å². The number of benzene rings is 1. The molecule has 5 aliphatic rings. The SMILES string of the molecule is NC(=O)C12CC3CC(C1)C(NC(=O)CN1CCCN(c4ccc(C(F)(F)F)cc4Cl)S1(=O)=O)C(C3)C2. The van der Waals surface area contributed by atoms with Crippen LogP contribution in [0.5, 0.6) is 0 Å². The molecule has 4 bridgehead atoms. The quantitative estimate of drug-likeness (QED) is 0.589. The van der Waals surface area contributed by atoms with Crippen LogP contribution in [-0.4, -0.2) is 50.2 Å². The number of alkyl halides is 3. The van der Waals surface area contributed by atoms with Gasteiger partial charge < -0.3 is 11.1 Å². The Bertz CT molecular complexity index is 1180. The number of halogens is 4. The van der Waals surface area contributed by atoms with Gasteiger partial charge in [0, 0.05) is 24.5 Å². The summed E-state index contributed by atoms with van der Waals surface area (Å²) in [5, 5.41) is 2.69. The Hall–Kier alpha value is -2.05. The summed E-state index contributed by atoms with van der Waals surface area (Å²) in [6.45, 7) is -0.263. The van der Waals surface area contributed by atoms with Crippen LogP contribution in [0.2, 0.25) is 5.02 Å². The number of hydrogen-bond donors (Lipinski definition) is 2. The smallest absolute Gasteiger partial charge is 0.369 e. The van der Waals surface area contributed by atoms with Gasteiger partial charge in [-0.05, 0) is 74.5 Å². The topological polar surface area (TPSA) is 113 Å². The molecule has 0 radical (unpaired) electrons. The molecular formula is C23H28ClF3N4O4S. The number of carbonyl (C=O) groups excluding carboxylic acids is 2. The monoisotopic (exact) mass is 548 g/mol. The minimum absolute atomic E-state index is 0.0366. The van der Waals surface area contributed by atoms with Crippen LogP contribution in [0.1, 0.15) is 44.1 Å². The van der Waals surface area contributed by atoms with Crippen molar-refractivity contribution in [1.29, 1.82) is 0 Å². The van der Waals surface area contributed by atoms with E-state index in [4.69, 9.17) is 17.3 Å². The van der Waals surface area contributed by atoms with Gasteiger partial charge in [-0.2, -0.15) is 25.9 Å². The lowest BCUT2D eigenvalue weighted by Gasteiger charge is -2.58. The van der Waals surface area contributed by atoms with Crippen LogP contribution in [0.3, 0.4) is 0 Å². The zero-order valence-electron chi connectivity index (χ0n) is 19.4. The molecule has 5 fully saturated rings. The molecule has 1 aromatic rings. The third kappa shape index (κ3) is 4.34. The van der Waals surface area contributed by atoms with Crippen molar-refractivity contribution in [1.82, 2.24) is 9.62 Å². The van der Waals surface area contributed by atoms with E-state index in [9.17, 15) is 31.2 Å². The molecule has 36 heavy (non-hydrogen) atoms. The highest BCUT2D eigenvalue weighted by Crippen LogP contribution is 2.59. The second-order valence-electron chi connectivity index (χ2n) is 10.6. The van der Waals surface area contributed by atoms with Gasteiger partial charge in [0.1, 0.15) is 0 Å². The fourth-order valence-corrected chi connectivity index (χ4v) is 9.02. The molecule has 1 saturated heterocycles. The van der Waals surface area contributed by atoms with Gasteiger partial charge in [-0.1, -0.05) is 11.6 Å². The lowest BCUT2D eigenvalue weighted by molar-refractivity contribution is -0.147. The fraction of sp³-hybridized carbons (Fsp3) is 0.652. The van der Waals surface area contributed by atoms with Gasteiger partial charge in [-0.15, -0.1) is 0 Å². The van der Waals surface area contributed by atoms with E-state index in [1.807, 2.05) is 0 Å². The van der Waals surface area contributed by atoms with E-state index in [0.29, 0.717) is 31.2 Å². The Morgan fingerprint density at radius 3 is 2.39 bits per heavy atom. The summed E-state index contributed by atoms with van der Waals surface area (Å²) in [6.07, 6.45) is -0.309. The maximum Gasteiger partial charge on any atom is 0.416 e. The third-order valence-electron chi connectivity index (χ3n) is 8.36. The normalized spacial score (nSPS) is 33.5. The van der Waals surface area contributed by atoms with E-state index < -0.39 is 39.8 Å². The summed E-state index contributed by atoms with van der Waals surface area (Å²) in [6, 6.07) is 2.39. The number of amides is 2. The van der Waals surface area contributed by atoms with E-state index in [-0.39, 0.29) is 47.6 Å². The molecule has 4 saturated carbocycles. The Kier molecular flexibility index (Phi) is 6.23. The number of rotatable bonds is 5. The number of carbonyl (C=O) groups is 2. The number of primary amides is 1. The highest BCUT2D eigenvalue weighted by Gasteiger charge is 2.58. The molecule has 1 aromatic carbocycles. The molecule has 0 spiro atoms. The Morgan fingerprint density at radius 2 is 1.81 bits per heavy atom. The van der Waals surface area contributed by atoms with Gasteiger partial charge in [-0.3, -0.25) is 13.9 Å².